The molecule has 0 aromatic carbocycles. The van der Waals surface area contributed by atoms with Crippen LogP contribution in [-0.2, 0) is 16.1 Å². The second-order valence-electron chi connectivity index (χ2n) is 5.67. The van der Waals surface area contributed by atoms with Gasteiger partial charge in [0.05, 0.1) is 0 Å². The van der Waals surface area contributed by atoms with Gasteiger partial charge in [0, 0.05) is 43.7 Å². The number of aryl methyl sites for hydroxylation is 2. The highest BCUT2D eigenvalue weighted by Crippen LogP contribution is 2.17. The zero-order chi connectivity index (χ0) is 15.6. The zero-order valence-electron chi connectivity index (χ0n) is 12.7. The van der Waals surface area contributed by atoms with E-state index in [-0.39, 0.29) is 36.3 Å². The maximum absolute atomic E-state index is 12.1. The fraction of sp³-hybridized carbons (Fsp3) is 0.533. The molecule has 2 heterocycles. The molecule has 1 aliphatic heterocycles. The Balaban J connectivity index is 1.99. The Morgan fingerprint density at radius 1 is 1.43 bits per heavy atom. The molecule has 6 heteroatoms. The van der Waals surface area contributed by atoms with Gasteiger partial charge in [0.1, 0.15) is 0 Å². The van der Waals surface area contributed by atoms with Gasteiger partial charge in [-0.05, 0) is 31.9 Å². The zero-order valence-corrected chi connectivity index (χ0v) is 12.7. The van der Waals surface area contributed by atoms with Gasteiger partial charge in [-0.15, -0.1) is 0 Å². The van der Waals surface area contributed by atoms with Crippen LogP contribution in [0.4, 0.5) is 0 Å². The van der Waals surface area contributed by atoms with Gasteiger partial charge in [-0.25, -0.2) is 0 Å². The van der Waals surface area contributed by atoms with Crippen LogP contribution in [0.15, 0.2) is 10.9 Å². The van der Waals surface area contributed by atoms with Crippen molar-refractivity contribution in [3.05, 3.63) is 33.2 Å². The molecule has 0 aliphatic carbocycles. The van der Waals surface area contributed by atoms with Crippen LogP contribution in [-0.4, -0.2) is 35.3 Å². The van der Waals surface area contributed by atoms with E-state index in [0.717, 1.165) is 11.3 Å². The van der Waals surface area contributed by atoms with Gasteiger partial charge < -0.3 is 15.2 Å². The lowest BCUT2D eigenvalue weighted by atomic mass is 9.95. The molecule has 0 saturated carbocycles. The summed E-state index contributed by atoms with van der Waals surface area (Å²) in [6.45, 7) is 4.46. The predicted molar refractivity (Wildman–Crippen MR) is 78.7 cm³/mol. The Morgan fingerprint density at radius 3 is 2.76 bits per heavy atom. The largest absolute Gasteiger partial charge is 0.352 e. The second-order valence-corrected chi connectivity index (χ2v) is 5.67. The summed E-state index contributed by atoms with van der Waals surface area (Å²) in [5.41, 5.74) is 2.05. The van der Waals surface area contributed by atoms with Gasteiger partial charge in [0.2, 0.25) is 11.8 Å². The van der Waals surface area contributed by atoms with E-state index in [1.165, 1.54) is 0 Å². The number of rotatable bonds is 3. The Hall–Kier alpha value is -2.11. The van der Waals surface area contributed by atoms with Crippen LogP contribution in [0.5, 0.6) is 0 Å². The van der Waals surface area contributed by atoms with E-state index >= 15 is 0 Å². The molecule has 1 aromatic heterocycles. The van der Waals surface area contributed by atoms with E-state index in [1.807, 2.05) is 19.9 Å². The fourth-order valence-corrected chi connectivity index (χ4v) is 2.59. The number of pyridine rings is 1. The van der Waals surface area contributed by atoms with Crippen LogP contribution in [0.1, 0.15) is 29.7 Å². The van der Waals surface area contributed by atoms with E-state index < -0.39 is 0 Å². The minimum Gasteiger partial charge on any atom is -0.352 e. The Bertz CT molecular complexity index is 621. The van der Waals surface area contributed by atoms with Gasteiger partial charge in [-0.3, -0.25) is 14.4 Å². The number of aromatic nitrogens is 1. The number of carbonyl (C=O) groups is 2. The highest BCUT2D eigenvalue weighted by molar-refractivity contribution is 5.86. The second kappa shape index (κ2) is 6.11. The number of aromatic amines is 1. The van der Waals surface area contributed by atoms with Crippen molar-refractivity contribution >= 4 is 11.8 Å². The normalized spacial score (nSPS) is 18.7. The minimum atomic E-state index is -0.293. The lowest BCUT2D eigenvalue weighted by Crippen LogP contribution is -2.42. The van der Waals surface area contributed by atoms with Gasteiger partial charge in [0.15, 0.2) is 0 Å². The van der Waals surface area contributed by atoms with Crippen molar-refractivity contribution < 1.29 is 9.59 Å². The van der Waals surface area contributed by atoms with Crippen LogP contribution < -0.4 is 10.9 Å². The summed E-state index contributed by atoms with van der Waals surface area (Å²) in [6, 6.07) is 1.88. The standard InChI is InChI=1S/C15H21N3O3/c1-9-6-10(2)17-15(21)12(9)8-16-14(20)11-4-5-18(3)13(19)7-11/h6,11H,4-5,7-8H2,1-3H3,(H,16,20)(H,17,21)/t11-/m1/s1. The molecule has 2 N–H and O–H groups in total. The first-order valence-electron chi connectivity index (χ1n) is 7.09. The number of carbonyl (C=O) groups excluding carboxylic acids is 2. The van der Waals surface area contributed by atoms with Crippen LogP contribution in [0, 0.1) is 19.8 Å². The number of piperidine rings is 1. The summed E-state index contributed by atoms with van der Waals surface area (Å²) in [5, 5.41) is 2.78. The number of hydrogen-bond donors (Lipinski definition) is 2. The van der Waals surface area contributed by atoms with E-state index in [1.54, 1.807) is 11.9 Å². The monoisotopic (exact) mass is 291 g/mol. The summed E-state index contributed by atoms with van der Waals surface area (Å²) in [4.78, 5) is 40.0. The third kappa shape index (κ3) is 3.51. The molecular weight excluding hydrogens is 270 g/mol. The van der Waals surface area contributed by atoms with Crippen LogP contribution in [0.25, 0.3) is 0 Å². The van der Waals surface area contributed by atoms with E-state index in [0.29, 0.717) is 18.5 Å². The molecule has 2 rings (SSSR count). The van der Waals surface area contributed by atoms with Gasteiger partial charge in [-0.1, -0.05) is 0 Å². The van der Waals surface area contributed by atoms with E-state index in [9.17, 15) is 14.4 Å². The number of H-pyrrole nitrogens is 1. The number of nitrogens with zero attached hydrogens (tertiary/aromatic N) is 1. The lowest BCUT2D eigenvalue weighted by molar-refractivity contribution is -0.139. The average Bonchev–Trinajstić information content (AvgIpc) is 2.40. The van der Waals surface area contributed by atoms with Gasteiger partial charge >= 0.3 is 0 Å². The van der Waals surface area contributed by atoms with Gasteiger partial charge in [0.25, 0.3) is 5.56 Å². The molecule has 0 spiro atoms. The van der Waals surface area contributed by atoms with E-state index in [2.05, 4.69) is 10.3 Å². The summed E-state index contributed by atoms with van der Waals surface area (Å²) >= 11 is 0. The van der Waals surface area contributed by atoms with Crippen molar-refractivity contribution in [3.63, 3.8) is 0 Å². The van der Waals surface area contributed by atoms with Crippen molar-refractivity contribution in [2.75, 3.05) is 13.6 Å². The number of likely N-dealkylation sites (tertiary alicyclic amines) is 1. The van der Waals surface area contributed by atoms with Crippen molar-refractivity contribution in [3.8, 4) is 0 Å². The average molecular weight is 291 g/mol. The molecule has 1 aromatic rings. The van der Waals surface area contributed by atoms with E-state index in [4.69, 9.17) is 0 Å². The Kier molecular flexibility index (Phi) is 4.45. The minimum absolute atomic E-state index is 0.00855. The van der Waals surface area contributed by atoms with Gasteiger partial charge in [-0.2, -0.15) is 0 Å². The summed E-state index contributed by atoms with van der Waals surface area (Å²) in [6.07, 6.45) is 0.906. The number of amides is 2. The lowest BCUT2D eigenvalue weighted by Gasteiger charge is -2.27. The molecule has 1 atom stereocenters. The van der Waals surface area contributed by atoms with Crippen molar-refractivity contribution in [1.29, 1.82) is 0 Å². The molecule has 0 radical (unpaired) electrons. The highest BCUT2D eigenvalue weighted by Gasteiger charge is 2.28. The first-order valence-corrected chi connectivity index (χ1v) is 7.09. The van der Waals surface area contributed by atoms with Crippen molar-refractivity contribution in [2.45, 2.75) is 33.2 Å². The first-order chi connectivity index (χ1) is 9.88. The third-order valence-electron chi connectivity index (χ3n) is 3.96. The smallest absolute Gasteiger partial charge is 0.253 e. The predicted octanol–water partition coefficient (Wildman–Crippen LogP) is 0.476. The van der Waals surface area contributed by atoms with Crippen molar-refractivity contribution in [2.24, 2.45) is 5.92 Å². The fourth-order valence-electron chi connectivity index (χ4n) is 2.59. The molecule has 2 amide bonds. The molecule has 21 heavy (non-hydrogen) atoms. The molecule has 0 unspecified atom stereocenters. The highest BCUT2D eigenvalue weighted by atomic mass is 16.2. The summed E-state index contributed by atoms with van der Waals surface area (Å²) in [5.74, 6) is -0.458. The number of nitrogens with one attached hydrogen (secondary N) is 2. The molecule has 1 aliphatic rings. The maximum Gasteiger partial charge on any atom is 0.253 e. The molecule has 1 saturated heterocycles. The quantitative estimate of drug-likeness (QED) is 0.849. The Labute approximate surface area is 123 Å². The van der Waals surface area contributed by atoms with Crippen LogP contribution in [0.2, 0.25) is 0 Å². The molecule has 114 valence electrons. The van der Waals surface area contributed by atoms with Crippen molar-refractivity contribution in [1.82, 2.24) is 15.2 Å². The molecule has 6 nitrogen and oxygen atoms in total. The van der Waals surface area contributed by atoms with Crippen LogP contribution >= 0.6 is 0 Å². The van der Waals surface area contributed by atoms with Crippen LogP contribution in [0.3, 0.4) is 0 Å². The summed E-state index contributed by atoms with van der Waals surface area (Å²) < 4.78 is 0. The Morgan fingerprint density at radius 2 is 2.14 bits per heavy atom. The maximum atomic E-state index is 12.1. The third-order valence-corrected chi connectivity index (χ3v) is 3.96. The number of hydrogen-bond acceptors (Lipinski definition) is 3. The topological polar surface area (TPSA) is 82.3 Å². The summed E-state index contributed by atoms with van der Waals surface area (Å²) in [7, 11) is 1.74. The first kappa shape index (κ1) is 15.3. The molecule has 0 bridgehead atoms. The SMILES string of the molecule is Cc1cc(C)c(CNC(=O)[C@@H]2CCN(C)C(=O)C2)c(=O)[nH]1. The molecular formula is C15H21N3O3. The molecule has 1 fully saturated rings.